The summed E-state index contributed by atoms with van der Waals surface area (Å²) in [7, 11) is 0. The zero-order valence-electron chi connectivity index (χ0n) is 6.22. The third-order valence-corrected chi connectivity index (χ3v) is 3.23. The molecule has 0 fully saturated rings. The Morgan fingerprint density at radius 3 is 1.75 bits per heavy atom. The van der Waals surface area contributed by atoms with Gasteiger partial charge in [-0.25, -0.2) is 8.78 Å². The predicted molar refractivity (Wildman–Crippen MR) is 51.0 cm³/mol. The lowest BCUT2D eigenvalue weighted by atomic mass is 10.1. The molecule has 0 unspecified atom stereocenters. The van der Waals surface area contributed by atoms with E-state index in [0.29, 0.717) is 0 Å². The van der Waals surface area contributed by atoms with Crippen LogP contribution in [0.2, 0.25) is 0 Å². The van der Waals surface area contributed by atoms with Crippen LogP contribution in [0.15, 0.2) is 8.95 Å². The van der Waals surface area contributed by atoms with Crippen molar-refractivity contribution in [2.24, 2.45) is 0 Å². The number of halogens is 4. The van der Waals surface area contributed by atoms with Gasteiger partial charge in [-0.2, -0.15) is 0 Å². The van der Waals surface area contributed by atoms with Crippen molar-refractivity contribution in [2.45, 2.75) is 6.92 Å². The summed E-state index contributed by atoms with van der Waals surface area (Å²) >= 11 is 5.96. The van der Waals surface area contributed by atoms with E-state index >= 15 is 0 Å². The average molecular weight is 299 g/mol. The van der Waals surface area contributed by atoms with E-state index in [1.165, 1.54) is 6.92 Å². The van der Waals surface area contributed by atoms with Crippen LogP contribution in [0.3, 0.4) is 0 Å². The Hall–Kier alpha value is 0.0400. The molecule has 4 heteroatoms. The summed E-state index contributed by atoms with van der Waals surface area (Å²) < 4.78 is 26.6. The maximum absolute atomic E-state index is 13.1. The molecule has 12 heavy (non-hydrogen) atoms. The summed E-state index contributed by atoms with van der Waals surface area (Å²) in [5.41, 5.74) is 0.275. The van der Waals surface area contributed by atoms with E-state index in [4.69, 9.17) is 0 Å². The minimum Gasteiger partial charge on any atom is -0.205 e. The van der Waals surface area contributed by atoms with Gasteiger partial charge in [0.05, 0.1) is 8.95 Å². The molecule has 0 spiro atoms. The molecule has 0 aromatic heterocycles. The molecule has 0 bridgehead atoms. The maximum atomic E-state index is 13.1. The maximum Gasteiger partial charge on any atom is 0.143 e. The van der Waals surface area contributed by atoms with Crippen molar-refractivity contribution >= 4 is 31.9 Å². The number of hydrogen-bond acceptors (Lipinski definition) is 0. The van der Waals surface area contributed by atoms with Gasteiger partial charge in [-0.15, -0.1) is 0 Å². The molecule has 0 nitrogen and oxygen atoms in total. The topological polar surface area (TPSA) is 0 Å². The SMILES string of the molecule is [CH2]c1c(Br)c(F)c(C)c(F)c1Br. The zero-order valence-corrected chi connectivity index (χ0v) is 9.39. The van der Waals surface area contributed by atoms with E-state index < -0.39 is 11.6 Å². The highest BCUT2D eigenvalue weighted by Gasteiger charge is 2.16. The number of hydrogen-bond donors (Lipinski definition) is 0. The lowest BCUT2D eigenvalue weighted by Crippen LogP contribution is -1.95. The van der Waals surface area contributed by atoms with Gasteiger partial charge in [0.15, 0.2) is 0 Å². The Labute approximate surface area is 86.2 Å². The van der Waals surface area contributed by atoms with Crippen LogP contribution < -0.4 is 0 Å². The third kappa shape index (κ3) is 1.42. The van der Waals surface area contributed by atoms with E-state index in [2.05, 4.69) is 38.8 Å². The fourth-order valence-corrected chi connectivity index (χ4v) is 2.04. The molecule has 1 rings (SSSR count). The van der Waals surface area contributed by atoms with E-state index in [1.54, 1.807) is 0 Å². The molecule has 0 saturated carbocycles. The van der Waals surface area contributed by atoms with Crippen LogP contribution in [-0.2, 0) is 0 Å². The Morgan fingerprint density at radius 1 is 1.08 bits per heavy atom. The van der Waals surface area contributed by atoms with Gasteiger partial charge in [-0.05, 0) is 51.3 Å². The molecule has 1 aromatic rings. The van der Waals surface area contributed by atoms with Gasteiger partial charge in [-0.3, -0.25) is 0 Å². The first-order valence-electron chi connectivity index (χ1n) is 3.11. The standard InChI is InChI=1S/C8H5Br2F2/c1-3-5(9)7(11)4(2)8(12)6(3)10/h1H2,2H3. The molecule has 1 radical (unpaired) electrons. The molecule has 0 N–H and O–H groups in total. The zero-order chi connectivity index (χ0) is 9.46. The summed E-state index contributed by atoms with van der Waals surface area (Å²) in [5, 5.41) is 0. The highest BCUT2D eigenvalue weighted by Crippen LogP contribution is 2.32. The van der Waals surface area contributed by atoms with Crippen molar-refractivity contribution < 1.29 is 8.78 Å². The van der Waals surface area contributed by atoms with Crippen molar-refractivity contribution in [3.63, 3.8) is 0 Å². The van der Waals surface area contributed by atoms with Crippen molar-refractivity contribution in [3.05, 3.63) is 38.6 Å². The lowest BCUT2D eigenvalue weighted by Gasteiger charge is -2.07. The smallest absolute Gasteiger partial charge is 0.143 e. The molecule has 65 valence electrons. The first kappa shape index (κ1) is 10.1. The van der Waals surface area contributed by atoms with Crippen LogP contribution >= 0.6 is 31.9 Å². The van der Waals surface area contributed by atoms with Gasteiger partial charge >= 0.3 is 0 Å². The van der Waals surface area contributed by atoms with Gasteiger partial charge in [-0.1, -0.05) is 0 Å². The molecule has 1 aromatic carbocycles. The molecule has 0 heterocycles. The van der Waals surface area contributed by atoms with Crippen molar-refractivity contribution in [3.8, 4) is 0 Å². The first-order chi connectivity index (χ1) is 5.46. The molecule has 0 aliphatic carbocycles. The van der Waals surface area contributed by atoms with E-state index in [0.717, 1.165) is 0 Å². The number of benzene rings is 1. The Bertz CT molecular complexity index is 229. The van der Waals surface area contributed by atoms with Crippen LogP contribution in [0.5, 0.6) is 0 Å². The van der Waals surface area contributed by atoms with Crippen LogP contribution in [0.1, 0.15) is 11.1 Å². The van der Waals surface area contributed by atoms with Gasteiger partial charge in [0.25, 0.3) is 0 Å². The highest BCUT2D eigenvalue weighted by molar-refractivity contribution is 9.11. The minimum absolute atomic E-state index is 0.0128. The van der Waals surface area contributed by atoms with Crippen molar-refractivity contribution in [1.82, 2.24) is 0 Å². The van der Waals surface area contributed by atoms with Crippen molar-refractivity contribution in [2.75, 3.05) is 0 Å². The summed E-state index contributed by atoms with van der Waals surface area (Å²) in [6.45, 7) is 4.88. The molecule has 0 atom stereocenters. The predicted octanol–water partition coefficient (Wildman–Crippen LogP) is 3.98. The summed E-state index contributed by atoms with van der Waals surface area (Å²) in [5.74, 6) is -1.19. The fraction of sp³-hybridized carbons (Fsp3) is 0.125. The largest absolute Gasteiger partial charge is 0.205 e. The molecular formula is C8H5Br2F2. The molecular weight excluding hydrogens is 294 g/mol. The van der Waals surface area contributed by atoms with Gasteiger partial charge in [0.1, 0.15) is 11.6 Å². The second kappa shape index (κ2) is 3.42. The third-order valence-electron chi connectivity index (χ3n) is 1.57. The quantitative estimate of drug-likeness (QED) is 0.636. The molecule has 0 saturated heterocycles. The van der Waals surface area contributed by atoms with Crippen LogP contribution in [0.25, 0.3) is 0 Å². The van der Waals surface area contributed by atoms with Crippen molar-refractivity contribution in [1.29, 1.82) is 0 Å². The van der Waals surface area contributed by atoms with E-state index in [1.807, 2.05) is 0 Å². The Balaban J connectivity index is 3.60. The monoisotopic (exact) mass is 297 g/mol. The normalized spacial score (nSPS) is 10.5. The summed E-state index contributed by atoms with van der Waals surface area (Å²) in [4.78, 5) is 0. The van der Waals surface area contributed by atoms with E-state index in [-0.39, 0.29) is 20.1 Å². The second-order valence-corrected chi connectivity index (χ2v) is 3.95. The molecule has 0 aliphatic heterocycles. The average Bonchev–Trinajstić information content (AvgIpc) is 2.08. The molecule has 0 aliphatic rings. The Kier molecular flexibility index (Phi) is 2.88. The fourth-order valence-electron chi connectivity index (χ4n) is 0.787. The van der Waals surface area contributed by atoms with Crippen LogP contribution in [-0.4, -0.2) is 0 Å². The number of rotatable bonds is 0. The van der Waals surface area contributed by atoms with Gasteiger partial charge in [0, 0.05) is 5.56 Å². The lowest BCUT2D eigenvalue weighted by molar-refractivity contribution is 0.558. The van der Waals surface area contributed by atoms with Gasteiger partial charge < -0.3 is 0 Å². The second-order valence-electron chi connectivity index (χ2n) is 2.36. The highest BCUT2D eigenvalue weighted by atomic mass is 79.9. The minimum atomic E-state index is -0.597. The van der Waals surface area contributed by atoms with Gasteiger partial charge in [0.2, 0.25) is 0 Å². The van der Waals surface area contributed by atoms with E-state index in [9.17, 15) is 8.78 Å². The Morgan fingerprint density at radius 2 is 1.42 bits per heavy atom. The first-order valence-corrected chi connectivity index (χ1v) is 4.70. The summed E-state index contributed by atoms with van der Waals surface area (Å²) in [6.07, 6.45) is 0. The molecule has 0 amide bonds. The van der Waals surface area contributed by atoms with Crippen LogP contribution in [0, 0.1) is 25.5 Å². The summed E-state index contributed by atoms with van der Waals surface area (Å²) in [6, 6.07) is 0. The van der Waals surface area contributed by atoms with Crippen LogP contribution in [0.4, 0.5) is 8.78 Å².